The van der Waals surface area contributed by atoms with Crippen LogP contribution in [0.25, 0.3) is 0 Å². The smallest absolute Gasteiger partial charge is 0.240 e. The van der Waals surface area contributed by atoms with Crippen LogP contribution in [0.3, 0.4) is 0 Å². The molecule has 0 aromatic carbocycles. The second-order valence-electron chi connectivity index (χ2n) is 4.30. The topological polar surface area (TPSA) is 56.7 Å². The third kappa shape index (κ3) is 3.70. The van der Waals surface area contributed by atoms with Crippen molar-refractivity contribution in [1.82, 2.24) is 9.88 Å². The number of aromatic nitrogens is 1. The number of aromatic hydroxyl groups is 1. The van der Waals surface area contributed by atoms with Gasteiger partial charge < -0.3 is 14.8 Å². The summed E-state index contributed by atoms with van der Waals surface area (Å²) in [6.07, 6.45) is 2.28. The van der Waals surface area contributed by atoms with E-state index in [1.165, 1.54) is 12.3 Å². The van der Waals surface area contributed by atoms with Crippen LogP contribution in [0.1, 0.15) is 20.3 Å². The lowest BCUT2D eigenvalue weighted by atomic mass is 10.1. The van der Waals surface area contributed by atoms with Gasteiger partial charge in [-0.3, -0.25) is 4.79 Å². The number of pyridine rings is 1. The van der Waals surface area contributed by atoms with Crippen molar-refractivity contribution in [1.29, 1.82) is 0 Å². The van der Waals surface area contributed by atoms with Gasteiger partial charge in [-0.05, 0) is 32.1 Å². The Labute approximate surface area is 115 Å². The van der Waals surface area contributed by atoms with Gasteiger partial charge in [-0.1, -0.05) is 13.8 Å². The quantitative estimate of drug-likeness (QED) is 0.812. The highest BCUT2D eigenvalue weighted by molar-refractivity contribution is 6.31. The summed E-state index contributed by atoms with van der Waals surface area (Å²) in [5, 5.41) is 9.58. The minimum Gasteiger partial charge on any atom is -0.504 e. The second kappa shape index (κ2) is 7.14. The number of carbonyl (C=O) groups is 1. The second-order valence-corrected chi connectivity index (χ2v) is 4.30. The number of rotatable bonds is 2. The molecule has 0 aliphatic carbocycles. The van der Waals surface area contributed by atoms with E-state index in [2.05, 4.69) is 9.88 Å². The molecule has 1 fully saturated rings. The van der Waals surface area contributed by atoms with Crippen molar-refractivity contribution in [2.24, 2.45) is 5.92 Å². The van der Waals surface area contributed by atoms with E-state index >= 15 is 0 Å². The molecule has 1 saturated heterocycles. The van der Waals surface area contributed by atoms with Gasteiger partial charge >= 0.3 is 0 Å². The fourth-order valence-electron chi connectivity index (χ4n) is 2.01. The Morgan fingerprint density at radius 2 is 2.26 bits per heavy atom. The first kappa shape index (κ1) is 15.5. The van der Waals surface area contributed by atoms with Crippen LogP contribution in [0, 0.1) is 5.92 Å². The first-order valence-corrected chi connectivity index (χ1v) is 6.51. The Kier molecular flexibility index (Phi) is 5.82. The molecule has 5 nitrogen and oxygen atoms in total. The Bertz CT molecular complexity index is 428. The van der Waals surface area contributed by atoms with Crippen LogP contribution in [0.5, 0.6) is 5.75 Å². The van der Waals surface area contributed by atoms with Crippen molar-refractivity contribution in [3.63, 3.8) is 0 Å². The maximum atomic E-state index is 12.1. The molecule has 1 aromatic rings. The minimum absolute atomic E-state index is 0.0882. The summed E-state index contributed by atoms with van der Waals surface area (Å²) in [6, 6.07) is 3.04. The lowest BCUT2D eigenvalue weighted by Crippen LogP contribution is -2.35. The minimum atomic E-state index is -0.205. The molecule has 2 rings (SSSR count). The van der Waals surface area contributed by atoms with Gasteiger partial charge in [-0.15, -0.1) is 0 Å². The summed E-state index contributed by atoms with van der Waals surface area (Å²) >= 11 is 0. The fourth-order valence-corrected chi connectivity index (χ4v) is 2.01. The average molecular weight is 261 g/mol. The van der Waals surface area contributed by atoms with E-state index in [1.807, 2.05) is 20.9 Å². The van der Waals surface area contributed by atoms with E-state index in [-0.39, 0.29) is 23.4 Å². The first-order chi connectivity index (χ1) is 9.09. The van der Waals surface area contributed by atoms with Crippen molar-refractivity contribution in [2.75, 3.05) is 24.9 Å². The van der Waals surface area contributed by atoms with E-state index in [9.17, 15) is 9.90 Å². The summed E-state index contributed by atoms with van der Waals surface area (Å²) < 4.78 is 0. The van der Waals surface area contributed by atoms with E-state index in [4.69, 9.17) is 7.98 Å². The fraction of sp³-hybridized carbons (Fsp3) is 0.538. The van der Waals surface area contributed by atoms with Gasteiger partial charge in [0.15, 0.2) is 11.6 Å². The maximum Gasteiger partial charge on any atom is 0.240 e. The summed E-state index contributed by atoms with van der Waals surface area (Å²) in [5.41, 5.74) is 0. The molecule has 19 heavy (non-hydrogen) atoms. The van der Waals surface area contributed by atoms with Crippen LogP contribution in [-0.2, 0) is 4.79 Å². The zero-order valence-electron chi connectivity index (χ0n) is 11.7. The zero-order chi connectivity index (χ0) is 14.4. The number of hydrogen-bond donors (Lipinski definition) is 1. The predicted molar refractivity (Wildman–Crippen MR) is 76.1 cm³/mol. The van der Waals surface area contributed by atoms with Gasteiger partial charge in [0.05, 0.1) is 5.92 Å². The molecule has 1 atom stereocenters. The Morgan fingerprint density at radius 3 is 2.79 bits per heavy atom. The molecule has 1 N–H and O–H groups in total. The SMILES string of the molecule is CC.[B]N(C(=O)C1CCN(C)C1)c1ncccc1O. The maximum absolute atomic E-state index is 12.1. The van der Waals surface area contributed by atoms with Crippen molar-refractivity contribution in [2.45, 2.75) is 20.3 Å². The van der Waals surface area contributed by atoms with E-state index in [1.54, 1.807) is 6.07 Å². The molecule has 2 radical (unpaired) electrons. The lowest BCUT2D eigenvalue weighted by molar-refractivity contribution is -0.120. The first-order valence-electron chi connectivity index (χ1n) is 6.51. The number of amides is 1. The molecule has 0 spiro atoms. The highest BCUT2D eigenvalue weighted by Gasteiger charge is 2.29. The highest BCUT2D eigenvalue weighted by atomic mass is 16.3. The molecular weight excluding hydrogens is 241 g/mol. The van der Waals surface area contributed by atoms with Crippen LogP contribution in [0.4, 0.5) is 5.82 Å². The van der Waals surface area contributed by atoms with E-state index in [0.717, 1.165) is 17.8 Å². The molecule has 2 heterocycles. The van der Waals surface area contributed by atoms with Gasteiger partial charge in [0, 0.05) is 12.7 Å². The Hall–Kier alpha value is -1.56. The summed E-state index contributed by atoms with van der Waals surface area (Å²) in [6.45, 7) is 5.58. The molecule has 1 aliphatic rings. The molecule has 1 amide bonds. The van der Waals surface area contributed by atoms with Crippen molar-refractivity contribution >= 4 is 19.7 Å². The van der Waals surface area contributed by atoms with Gasteiger partial charge in [0.1, 0.15) is 0 Å². The molecule has 6 heteroatoms. The monoisotopic (exact) mass is 261 g/mol. The molecule has 1 aromatic heterocycles. The average Bonchev–Trinajstić information content (AvgIpc) is 2.86. The third-order valence-electron chi connectivity index (χ3n) is 2.97. The van der Waals surface area contributed by atoms with Gasteiger partial charge in [0.2, 0.25) is 13.9 Å². The molecule has 102 valence electrons. The number of hydrogen-bond acceptors (Lipinski definition) is 4. The number of anilines is 1. The van der Waals surface area contributed by atoms with Gasteiger partial charge in [-0.25, -0.2) is 4.98 Å². The van der Waals surface area contributed by atoms with Crippen LogP contribution in [0.2, 0.25) is 0 Å². The number of nitrogens with zero attached hydrogens (tertiary/aromatic N) is 3. The molecule has 1 unspecified atom stereocenters. The largest absolute Gasteiger partial charge is 0.504 e. The lowest BCUT2D eigenvalue weighted by Gasteiger charge is -2.21. The van der Waals surface area contributed by atoms with Crippen molar-refractivity contribution in [3.05, 3.63) is 18.3 Å². The van der Waals surface area contributed by atoms with Crippen molar-refractivity contribution in [3.8, 4) is 5.75 Å². The van der Waals surface area contributed by atoms with E-state index < -0.39 is 0 Å². The van der Waals surface area contributed by atoms with Gasteiger partial charge in [0.25, 0.3) is 0 Å². The van der Waals surface area contributed by atoms with Crippen LogP contribution in [-0.4, -0.2) is 49.0 Å². The summed E-state index contributed by atoms with van der Waals surface area (Å²) in [4.78, 5) is 19.0. The molecule has 0 bridgehead atoms. The third-order valence-corrected chi connectivity index (χ3v) is 2.97. The Morgan fingerprint density at radius 1 is 1.58 bits per heavy atom. The zero-order valence-corrected chi connectivity index (χ0v) is 11.7. The predicted octanol–water partition coefficient (Wildman–Crippen LogP) is 1.18. The Balaban J connectivity index is 0.000000861. The molecule has 1 aliphatic heterocycles. The standard InChI is InChI=1S/C11H14BN3O2.C2H6/c1-14-6-4-8(7-14)11(17)15(12)10-9(16)3-2-5-13-10;1-2/h2-3,5,8,16H,4,6-7H2,1H3;1-2H3. The number of carbonyl (C=O) groups excluding carboxylic acids is 1. The number of likely N-dealkylation sites (tertiary alicyclic amines) is 1. The van der Waals surface area contributed by atoms with Gasteiger partial charge in [-0.2, -0.15) is 0 Å². The summed E-state index contributed by atoms with van der Waals surface area (Å²) in [5.74, 6) is -0.309. The van der Waals surface area contributed by atoms with Crippen LogP contribution in [0.15, 0.2) is 18.3 Å². The molecular formula is C13H20BN3O2. The van der Waals surface area contributed by atoms with Crippen LogP contribution < -0.4 is 4.81 Å². The summed E-state index contributed by atoms with van der Waals surface area (Å²) in [7, 11) is 7.67. The highest BCUT2D eigenvalue weighted by Crippen LogP contribution is 2.25. The van der Waals surface area contributed by atoms with E-state index in [0.29, 0.717) is 6.54 Å². The van der Waals surface area contributed by atoms with Crippen molar-refractivity contribution < 1.29 is 9.90 Å². The molecule has 0 saturated carbocycles. The van der Waals surface area contributed by atoms with Crippen LogP contribution >= 0.6 is 0 Å². The normalized spacial score (nSPS) is 18.6.